The Morgan fingerprint density at radius 1 is 1.29 bits per heavy atom. The normalized spacial score (nSPS) is 31.1. The molecule has 1 saturated heterocycles. The van der Waals surface area contributed by atoms with Crippen LogP contribution in [0.4, 0.5) is 0 Å². The number of rotatable bonds is 0. The molecule has 0 aromatic heterocycles. The van der Waals surface area contributed by atoms with Crippen molar-refractivity contribution in [1.82, 2.24) is 4.90 Å². The molecule has 3 aliphatic rings. The largest absolute Gasteiger partial charge is 0.510 e. The molecule has 5 nitrogen and oxygen atoms in total. The minimum Gasteiger partial charge on any atom is -0.510 e. The van der Waals surface area contributed by atoms with E-state index in [1.807, 2.05) is 0 Å². The number of ketones is 2. The average molecular weight is 253 g/mol. The molecular formula is C11H11NO4S. The van der Waals surface area contributed by atoms with Gasteiger partial charge in [-0.1, -0.05) is 0 Å². The van der Waals surface area contributed by atoms with Crippen LogP contribution >= 0.6 is 11.8 Å². The maximum atomic E-state index is 12.1. The number of carbonyl (C=O) groups excluding carboxylic acids is 3. The van der Waals surface area contributed by atoms with Crippen molar-refractivity contribution in [2.45, 2.75) is 24.6 Å². The van der Waals surface area contributed by atoms with Crippen LogP contribution in [0.5, 0.6) is 0 Å². The number of aliphatic hydroxyl groups excluding tert-OH is 1. The van der Waals surface area contributed by atoms with Gasteiger partial charge < -0.3 is 5.11 Å². The van der Waals surface area contributed by atoms with E-state index in [2.05, 4.69) is 0 Å². The van der Waals surface area contributed by atoms with E-state index in [-0.39, 0.29) is 17.3 Å². The van der Waals surface area contributed by atoms with E-state index in [0.29, 0.717) is 25.0 Å². The van der Waals surface area contributed by atoms with Gasteiger partial charge in [-0.05, 0) is 6.42 Å². The molecule has 1 saturated carbocycles. The van der Waals surface area contributed by atoms with Gasteiger partial charge >= 0.3 is 0 Å². The summed E-state index contributed by atoms with van der Waals surface area (Å²) in [5.41, 5.74) is -1.43. The van der Waals surface area contributed by atoms with Crippen LogP contribution in [0.3, 0.4) is 0 Å². The summed E-state index contributed by atoms with van der Waals surface area (Å²) in [7, 11) is 0. The number of carbonyl (C=O) groups is 3. The molecular weight excluding hydrogens is 242 g/mol. The molecule has 2 heterocycles. The lowest BCUT2D eigenvalue weighted by Gasteiger charge is -2.54. The van der Waals surface area contributed by atoms with Gasteiger partial charge in [0.05, 0.1) is 5.75 Å². The number of hydrogen-bond donors (Lipinski definition) is 1. The third-order valence-corrected chi connectivity index (χ3v) is 4.92. The number of amides is 1. The molecule has 1 spiro atoms. The van der Waals surface area contributed by atoms with Gasteiger partial charge in [-0.25, -0.2) is 0 Å². The Bertz CT molecular complexity index is 454. The molecule has 17 heavy (non-hydrogen) atoms. The first kappa shape index (κ1) is 10.8. The number of thioether (sulfide) groups is 1. The van der Waals surface area contributed by atoms with E-state index in [4.69, 9.17) is 0 Å². The van der Waals surface area contributed by atoms with Crippen molar-refractivity contribution >= 4 is 29.2 Å². The van der Waals surface area contributed by atoms with Gasteiger partial charge in [0.2, 0.25) is 0 Å². The number of Topliss-reactive ketones (excluding diaryl/α,β-unsaturated/α-hetero) is 2. The summed E-state index contributed by atoms with van der Waals surface area (Å²) in [5, 5.41) is 8.91. The fourth-order valence-electron chi connectivity index (χ4n) is 2.73. The first-order valence-corrected chi connectivity index (χ1v) is 6.54. The molecule has 1 amide bonds. The summed E-state index contributed by atoms with van der Waals surface area (Å²) in [6.45, 7) is 0. The second-order valence-corrected chi connectivity index (χ2v) is 5.57. The van der Waals surface area contributed by atoms with Crippen LogP contribution in [0.2, 0.25) is 0 Å². The molecule has 6 heteroatoms. The maximum absolute atomic E-state index is 12.1. The highest BCUT2D eigenvalue weighted by molar-refractivity contribution is 8.00. The Morgan fingerprint density at radius 3 is 2.59 bits per heavy atom. The highest BCUT2D eigenvalue weighted by Crippen LogP contribution is 2.52. The lowest BCUT2D eigenvalue weighted by Crippen LogP contribution is -2.73. The molecule has 0 aromatic carbocycles. The van der Waals surface area contributed by atoms with E-state index in [1.165, 1.54) is 22.9 Å². The molecule has 1 N–H and O–H groups in total. The predicted molar refractivity (Wildman–Crippen MR) is 60.1 cm³/mol. The van der Waals surface area contributed by atoms with E-state index in [9.17, 15) is 19.5 Å². The number of β-lactam (4-membered cyclic amide) rings is 1. The Kier molecular flexibility index (Phi) is 2.13. The standard InChI is InChI=1S/C11H11NO4S/c13-6-4-12-9(16)11(10(12)17-5-6)7(14)2-1-3-8(11)15/h4,10,13H,1-3,5H2/t10-/m0/s1. The van der Waals surface area contributed by atoms with Crippen LogP contribution in [0.25, 0.3) is 0 Å². The molecule has 2 fully saturated rings. The Morgan fingerprint density at radius 2 is 1.94 bits per heavy atom. The quantitative estimate of drug-likeness (QED) is 0.505. The summed E-state index contributed by atoms with van der Waals surface area (Å²) in [6.07, 6.45) is 2.49. The van der Waals surface area contributed by atoms with E-state index in [1.54, 1.807) is 0 Å². The minimum absolute atomic E-state index is 0.102. The van der Waals surface area contributed by atoms with Crippen LogP contribution in [-0.2, 0) is 14.4 Å². The van der Waals surface area contributed by atoms with Gasteiger partial charge in [-0.15, -0.1) is 11.8 Å². The van der Waals surface area contributed by atoms with Gasteiger partial charge in [0.15, 0.2) is 17.0 Å². The Hall–Kier alpha value is -1.30. The third-order valence-electron chi connectivity index (χ3n) is 3.56. The second kappa shape index (κ2) is 3.35. The number of fused-ring (bicyclic) bond motifs is 2. The van der Waals surface area contributed by atoms with Crippen molar-refractivity contribution in [3.63, 3.8) is 0 Å². The highest BCUT2D eigenvalue weighted by atomic mass is 32.2. The topological polar surface area (TPSA) is 74.7 Å². The fourth-order valence-corrected chi connectivity index (χ4v) is 4.06. The Balaban J connectivity index is 2.02. The number of aliphatic hydroxyl groups is 1. The number of hydrogen-bond acceptors (Lipinski definition) is 5. The monoisotopic (exact) mass is 253 g/mol. The smallest absolute Gasteiger partial charge is 0.252 e. The first-order chi connectivity index (χ1) is 8.08. The van der Waals surface area contributed by atoms with Crippen LogP contribution in [0.1, 0.15) is 19.3 Å². The summed E-state index contributed by atoms with van der Waals surface area (Å²) < 4.78 is 0. The maximum Gasteiger partial charge on any atom is 0.252 e. The van der Waals surface area contributed by atoms with Crippen molar-refractivity contribution in [1.29, 1.82) is 0 Å². The van der Waals surface area contributed by atoms with Gasteiger partial charge in [0.1, 0.15) is 11.1 Å². The summed E-state index contributed by atoms with van der Waals surface area (Å²) >= 11 is 1.28. The van der Waals surface area contributed by atoms with Gasteiger partial charge in [0.25, 0.3) is 5.91 Å². The van der Waals surface area contributed by atoms with E-state index < -0.39 is 16.7 Å². The van der Waals surface area contributed by atoms with Crippen molar-refractivity contribution in [3.05, 3.63) is 12.0 Å². The zero-order valence-corrected chi connectivity index (χ0v) is 9.83. The van der Waals surface area contributed by atoms with Crippen LogP contribution in [-0.4, -0.2) is 38.6 Å². The van der Waals surface area contributed by atoms with Gasteiger partial charge in [0, 0.05) is 19.0 Å². The molecule has 0 unspecified atom stereocenters. The lowest BCUT2D eigenvalue weighted by molar-refractivity contribution is -0.172. The highest BCUT2D eigenvalue weighted by Gasteiger charge is 2.70. The number of nitrogens with zero attached hydrogens (tertiary/aromatic N) is 1. The van der Waals surface area contributed by atoms with E-state index >= 15 is 0 Å². The fraction of sp³-hybridized carbons (Fsp3) is 0.545. The molecule has 1 aliphatic carbocycles. The molecule has 2 aliphatic heterocycles. The van der Waals surface area contributed by atoms with Gasteiger partial charge in [-0.3, -0.25) is 19.3 Å². The zero-order chi connectivity index (χ0) is 12.2. The molecule has 0 aromatic rings. The minimum atomic E-state index is -1.43. The van der Waals surface area contributed by atoms with E-state index in [0.717, 1.165) is 0 Å². The third kappa shape index (κ3) is 1.14. The van der Waals surface area contributed by atoms with Gasteiger partial charge in [-0.2, -0.15) is 0 Å². The van der Waals surface area contributed by atoms with Crippen LogP contribution in [0.15, 0.2) is 12.0 Å². The molecule has 3 rings (SSSR count). The van der Waals surface area contributed by atoms with Crippen molar-refractivity contribution in [2.24, 2.45) is 5.41 Å². The van der Waals surface area contributed by atoms with Crippen LogP contribution in [0, 0.1) is 5.41 Å². The second-order valence-electron chi connectivity index (χ2n) is 4.50. The first-order valence-electron chi connectivity index (χ1n) is 5.49. The van der Waals surface area contributed by atoms with Crippen molar-refractivity contribution < 1.29 is 19.5 Å². The molecule has 90 valence electrons. The van der Waals surface area contributed by atoms with Crippen molar-refractivity contribution in [2.75, 3.05) is 5.75 Å². The summed E-state index contributed by atoms with van der Waals surface area (Å²) in [4.78, 5) is 37.3. The molecule has 0 bridgehead atoms. The molecule has 0 radical (unpaired) electrons. The predicted octanol–water partition coefficient (Wildman–Crippen LogP) is 0.609. The van der Waals surface area contributed by atoms with Crippen LogP contribution < -0.4 is 0 Å². The summed E-state index contributed by atoms with van der Waals surface area (Å²) in [6, 6.07) is 0. The van der Waals surface area contributed by atoms with Crippen molar-refractivity contribution in [3.8, 4) is 0 Å². The SMILES string of the molecule is O=C1CCCC(=O)C12C(=O)N1C=C(O)CS[C@H]12. The summed E-state index contributed by atoms with van der Waals surface area (Å²) in [5.74, 6) is -0.512. The average Bonchev–Trinajstić information content (AvgIpc) is 2.30. The zero-order valence-electron chi connectivity index (χ0n) is 9.01. The lowest BCUT2D eigenvalue weighted by atomic mass is 9.65. The Labute approximate surface area is 102 Å². The molecule has 1 atom stereocenters.